The Balaban J connectivity index is 2.73. The maximum absolute atomic E-state index is 8.97. The van der Waals surface area contributed by atoms with Gasteiger partial charge in [0.15, 0.2) is 0 Å². The van der Waals surface area contributed by atoms with Gasteiger partial charge in [-0.25, -0.2) is 9.97 Å². The van der Waals surface area contributed by atoms with Crippen LogP contribution in [-0.2, 0) is 11.2 Å². The second-order valence-corrected chi connectivity index (χ2v) is 3.95. The van der Waals surface area contributed by atoms with Crippen LogP contribution in [0.2, 0.25) is 0 Å². The number of aliphatic hydroxyl groups is 1. The van der Waals surface area contributed by atoms with Crippen LogP contribution in [0, 0.1) is 6.92 Å². The molecule has 0 saturated heterocycles. The highest BCUT2D eigenvalue weighted by Gasteiger charge is 2.09. The van der Waals surface area contributed by atoms with Crippen molar-refractivity contribution in [2.24, 2.45) is 0 Å². The van der Waals surface area contributed by atoms with Gasteiger partial charge in [0.1, 0.15) is 11.6 Å². The highest BCUT2D eigenvalue weighted by Crippen LogP contribution is 2.10. The van der Waals surface area contributed by atoms with Gasteiger partial charge in [0, 0.05) is 25.5 Å². The summed E-state index contributed by atoms with van der Waals surface area (Å²) in [6, 6.07) is 2.01. The number of rotatable bonds is 7. The first-order valence-electron chi connectivity index (χ1n) is 5.90. The number of methoxy groups -OCH3 is 1. The Morgan fingerprint density at radius 1 is 1.47 bits per heavy atom. The van der Waals surface area contributed by atoms with Crippen molar-refractivity contribution in [2.75, 3.05) is 25.6 Å². The number of aliphatic hydroxyl groups excluding tert-OH is 1. The van der Waals surface area contributed by atoms with Crippen molar-refractivity contribution < 1.29 is 9.84 Å². The van der Waals surface area contributed by atoms with Gasteiger partial charge in [-0.15, -0.1) is 0 Å². The summed E-state index contributed by atoms with van der Waals surface area (Å²) in [5.74, 6) is 1.55. The van der Waals surface area contributed by atoms with E-state index in [1.54, 1.807) is 7.11 Å². The SMILES string of the molecule is CCc1cc(NC(CCO)COC)nc(C)n1. The lowest BCUT2D eigenvalue weighted by atomic mass is 10.2. The maximum Gasteiger partial charge on any atom is 0.130 e. The van der Waals surface area contributed by atoms with Crippen molar-refractivity contribution in [1.82, 2.24) is 9.97 Å². The third-order valence-corrected chi connectivity index (χ3v) is 2.45. The van der Waals surface area contributed by atoms with Crippen LogP contribution >= 0.6 is 0 Å². The molecule has 1 aromatic rings. The van der Waals surface area contributed by atoms with Crippen LogP contribution in [0.5, 0.6) is 0 Å². The lowest BCUT2D eigenvalue weighted by Crippen LogP contribution is -2.26. The number of hydrogen-bond acceptors (Lipinski definition) is 5. The molecule has 0 bridgehead atoms. The summed E-state index contributed by atoms with van der Waals surface area (Å²) in [5, 5.41) is 12.2. The fourth-order valence-corrected chi connectivity index (χ4v) is 1.65. The number of hydrogen-bond donors (Lipinski definition) is 2. The van der Waals surface area contributed by atoms with E-state index in [1.165, 1.54) is 0 Å². The lowest BCUT2D eigenvalue weighted by molar-refractivity contribution is 0.170. The molecule has 1 rings (SSSR count). The van der Waals surface area contributed by atoms with Crippen LogP contribution in [0.25, 0.3) is 0 Å². The topological polar surface area (TPSA) is 67.3 Å². The van der Waals surface area contributed by atoms with Gasteiger partial charge < -0.3 is 15.2 Å². The zero-order valence-corrected chi connectivity index (χ0v) is 10.7. The Morgan fingerprint density at radius 3 is 2.82 bits per heavy atom. The summed E-state index contributed by atoms with van der Waals surface area (Å²) in [6.45, 7) is 4.62. The molecular formula is C12H21N3O2. The number of aryl methyl sites for hydroxylation is 2. The molecule has 1 unspecified atom stereocenters. The molecule has 0 saturated carbocycles. The van der Waals surface area contributed by atoms with Crippen LogP contribution in [0.4, 0.5) is 5.82 Å². The normalized spacial score (nSPS) is 12.5. The van der Waals surface area contributed by atoms with Gasteiger partial charge in [-0.3, -0.25) is 0 Å². The minimum atomic E-state index is 0.0732. The molecule has 0 amide bonds. The fraction of sp³-hybridized carbons (Fsp3) is 0.667. The molecule has 5 heteroatoms. The third kappa shape index (κ3) is 4.66. The van der Waals surface area contributed by atoms with Crippen molar-refractivity contribution in [2.45, 2.75) is 32.7 Å². The average Bonchev–Trinajstić information content (AvgIpc) is 2.29. The predicted octanol–water partition coefficient (Wildman–Crippen LogP) is 1.16. The number of nitrogens with one attached hydrogen (secondary N) is 1. The van der Waals surface area contributed by atoms with Gasteiger partial charge in [-0.2, -0.15) is 0 Å². The molecule has 5 nitrogen and oxygen atoms in total. The van der Waals surface area contributed by atoms with Gasteiger partial charge >= 0.3 is 0 Å². The third-order valence-electron chi connectivity index (χ3n) is 2.45. The van der Waals surface area contributed by atoms with Crippen LogP contribution in [0.15, 0.2) is 6.07 Å². The highest BCUT2D eigenvalue weighted by atomic mass is 16.5. The molecule has 0 spiro atoms. The van der Waals surface area contributed by atoms with Crippen LogP contribution in [0.1, 0.15) is 24.9 Å². The Morgan fingerprint density at radius 2 is 2.24 bits per heavy atom. The molecule has 0 radical (unpaired) electrons. The van der Waals surface area contributed by atoms with E-state index in [1.807, 2.05) is 13.0 Å². The van der Waals surface area contributed by atoms with Crippen LogP contribution in [0.3, 0.4) is 0 Å². The zero-order chi connectivity index (χ0) is 12.7. The Hall–Kier alpha value is -1.20. The number of ether oxygens (including phenoxy) is 1. The number of anilines is 1. The average molecular weight is 239 g/mol. The summed E-state index contributed by atoms with van der Waals surface area (Å²) >= 11 is 0. The molecule has 0 aromatic carbocycles. The van der Waals surface area contributed by atoms with Gasteiger partial charge in [-0.1, -0.05) is 6.92 Å². The lowest BCUT2D eigenvalue weighted by Gasteiger charge is -2.18. The van der Waals surface area contributed by atoms with Crippen LogP contribution < -0.4 is 5.32 Å². The summed E-state index contributed by atoms with van der Waals surface area (Å²) in [7, 11) is 1.65. The summed E-state index contributed by atoms with van der Waals surface area (Å²) in [4.78, 5) is 8.65. The summed E-state index contributed by atoms with van der Waals surface area (Å²) < 4.78 is 5.10. The molecular weight excluding hydrogens is 218 g/mol. The summed E-state index contributed by atoms with van der Waals surface area (Å²) in [6.07, 6.45) is 1.52. The molecule has 1 heterocycles. The molecule has 17 heavy (non-hydrogen) atoms. The Labute approximate surface area is 102 Å². The Kier molecular flexibility index (Phi) is 5.86. The van der Waals surface area contributed by atoms with Crippen molar-refractivity contribution >= 4 is 5.82 Å². The first-order chi connectivity index (χ1) is 8.19. The molecule has 0 fully saturated rings. The monoisotopic (exact) mass is 239 g/mol. The minimum absolute atomic E-state index is 0.0732. The van der Waals surface area contributed by atoms with E-state index < -0.39 is 0 Å². The number of nitrogens with zero attached hydrogens (tertiary/aromatic N) is 2. The second-order valence-electron chi connectivity index (χ2n) is 3.95. The number of aromatic nitrogens is 2. The van der Waals surface area contributed by atoms with E-state index in [9.17, 15) is 0 Å². The fourth-order valence-electron chi connectivity index (χ4n) is 1.65. The van der Waals surface area contributed by atoms with Crippen molar-refractivity contribution in [3.63, 3.8) is 0 Å². The summed E-state index contributed by atoms with van der Waals surface area (Å²) in [5.41, 5.74) is 1.01. The molecule has 1 aromatic heterocycles. The standard InChI is InChI=1S/C12H21N3O2/c1-4-10-7-12(14-9(2)13-10)15-11(5-6-16)8-17-3/h7,11,16H,4-6,8H2,1-3H3,(H,13,14,15). The first-order valence-corrected chi connectivity index (χ1v) is 5.90. The van der Waals surface area contributed by atoms with Gasteiger partial charge in [0.2, 0.25) is 0 Å². The first kappa shape index (κ1) is 13.9. The second kappa shape index (κ2) is 7.19. The molecule has 0 aliphatic carbocycles. The van der Waals surface area contributed by atoms with Crippen LogP contribution in [-0.4, -0.2) is 41.4 Å². The minimum Gasteiger partial charge on any atom is -0.396 e. The van der Waals surface area contributed by atoms with E-state index in [0.717, 1.165) is 23.8 Å². The van der Waals surface area contributed by atoms with E-state index >= 15 is 0 Å². The highest BCUT2D eigenvalue weighted by molar-refractivity contribution is 5.37. The molecule has 0 aliphatic heterocycles. The molecule has 1 atom stereocenters. The van der Waals surface area contributed by atoms with E-state index in [0.29, 0.717) is 13.0 Å². The maximum atomic E-state index is 8.97. The smallest absolute Gasteiger partial charge is 0.130 e. The van der Waals surface area contributed by atoms with Crippen molar-refractivity contribution in [3.05, 3.63) is 17.6 Å². The molecule has 2 N–H and O–H groups in total. The van der Waals surface area contributed by atoms with Gasteiger partial charge in [-0.05, 0) is 19.8 Å². The Bertz CT molecular complexity index is 339. The van der Waals surface area contributed by atoms with E-state index in [4.69, 9.17) is 9.84 Å². The predicted molar refractivity (Wildman–Crippen MR) is 67.1 cm³/mol. The molecule has 96 valence electrons. The van der Waals surface area contributed by atoms with Gasteiger partial charge in [0.25, 0.3) is 0 Å². The van der Waals surface area contributed by atoms with Crippen molar-refractivity contribution in [3.8, 4) is 0 Å². The quantitative estimate of drug-likeness (QED) is 0.747. The largest absolute Gasteiger partial charge is 0.396 e. The molecule has 0 aliphatic rings. The van der Waals surface area contributed by atoms with E-state index in [-0.39, 0.29) is 12.6 Å². The van der Waals surface area contributed by atoms with Gasteiger partial charge in [0.05, 0.1) is 12.6 Å². The van der Waals surface area contributed by atoms with E-state index in [2.05, 4.69) is 22.2 Å². The van der Waals surface area contributed by atoms with Crippen molar-refractivity contribution in [1.29, 1.82) is 0 Å². The zero-order valence-electron chi connectivity index (χ0n) is 10.7.